The number of hydrogen-bond donors (Lipinski definition) is 2. The highest BCUT2D eigenvalue weighted by atomic mass is 15.2. The summed E-state index contributed by atoms with van der Waals surface area (Å²) in [5, 5.41) is 2.23. The molecule has 0 atom stereocenters. The Kier molecular flexibility index (Phi) is 12.5. The number of para-hydroxylation sites is 10. The number of H-pyrrole nitrogens is 2. The summed E-state index contributed by atoms with van der Waals surface area (Å²) >= 11 is 0. The van der Waals surface area contributed by atoms with Gasteiger partial charge in [-0.2, -0.15) is 0 Å². The fourth-order valence-corrected chi connectivity index (χ4v) is 11.5. The average Bonchev–Trinajstić information content (AvgIpc) is 4.30. The number of rotatable bonds is 14. The van der Waals surface area contributed by atoms with Crippen LogP contribution in [0.25, 0.3) is 55.1 Å². The summed E-state index contributed by atoms with van der Waals surface area (Å²) in [5.74, 6) is 0. The Hall–Kier alpha value is -10.8. The van der Waals surface area contributed by atoms with E-state index < -0.39 is 0 Å². The molecule has 0 radical (unpaired) electrons. The highest BCUT2D eigenvalue weighted by Crippen LogP contribution is 2.48. The first-order valence-corrected chi connectivity index (χ1v) is 27.2. The van der Waals surface area contributed by atoms with Crippen LogP contribution in [-0.2, 0) is 0 Å². The van der Waals surface area contributed by atoms with Crippen molar-refractivity contribution in [3.8, 4) is 22.3 Å². The average molecular weight is 1030 g/mol. The molecule has 380 valence electrons. The van der Waals surface area contributed by atoms with Crippen LogP contribution < -0.4 is 19.6 Å². The molecular weight excluding hydrogens is 973 g/mol. The molecule has 12 aromatic carbocycles. The van der Waals surface area contributed by atoms with Crippen LogP contribution in [-0.4, -0.2) is 9.97 Å². The van der Waals surface area contributed by atoms with Gasteiger partial charge in [-0.25, -0.2) is 0 Å². The van der Waals surface area contributed by atoms with E-state index >= 15 is 0 Å². The largest absolute Gasteiger partial charge is 0.352 e. The zero-order valence-corrected chi connectivity index (χ0v) is 43.8. The Morgan fingerprint density at radius 2 is 0.388 bits per heavy atom. The number of aromatic amines is 2. The first-order chi connectivity index (χ1) is 39.7. The Balaban J connectivity index is 0.969. The third-order valence-electron chi connectivity index (χ3n) is 15.0. The van der Waals surface area contributed by atoms with Crippen molar-refractivity contribution in [2.24, 2.45) is 0 Å². The summed E-state index contributed by atoms with van der Waals surface area (Å²) < 4.78 is 0. The molecule has 0 saturated carbocycles. The lowest BCUT2D eigenvalue weighted by Crippen LogP contribution is -2.13. The van der Waals surface area contributed by atoms with Crippen LogP contribution in [0.2, 0.25) is 0 Å². The van der Waals surface area contributed by atoms with Crippen molar-refractivity contribution < 1.29 is 0 Å². The standard InChI is InChI=1S/C74H54N6/c1-9-27-55(28-10-1)77(56-29-11-2-12-30-56)63-47-53(48-64(51-63)78(57-31-13-3-14-32-57)58-33-15-4-16-34-58)67-43-25-45-69-71(67)75-74-70-46-26-44-68(72(70)76-73(69)74)54-49-65(79(59-35-17-5-18-36-59)60-37-19-6-20-38-60)52-66(50-54)80(61-39-21-7-22-40-61)62-41-23-8-24-42-62/h1-52,75-76H. The van der Waals surface area contributed by atoms with Gasteiger partial charge in [-0.3, -0.25) is 0 Å². The van der Waals surface area contributed by atoms with Crippen LogP contribution in [0.1, 0.15) is 0 Å². The van der Waals surface area contributed by atoms with Crippen LogP contribution in [0.15, 0.2) is 315 Å². The van der Waals surface area contributed by atoms with Crippen molar-refractivity contribution in [3.63, 3.8) is 0 Å². The number of aromatic nitrogens is 2. The quantitative estimate of drug-likeness (QED) is 0.114. The summed E-state index contributed by atoms with van der Waals surface area (Å²) in [7, 11) is 0. The maximum atomic E-state index is 4.04. The summed E-state index contributed by atoms with van der Waals surface area (Å²) in [6.07, 6.45) is 0. The normalized spacial score (nSPS) is 11.2. The summed E-state index contributed by atoms with van der Waals surface area (Å²) in [6.45, 7) is 0. The highest BCUT2D eigenvalue weighted by molar-refractivity contribution is 6.21. The van der Waals surface area contributed by atoms with E-state index in [0.717, 1.165) is 123 Å². The molecule has 2 aromatic heterocycles. The Bertz CT molecular complexity index is 3750. The molecule has 14 aromatic rings. The topological polar surface area (TPSA) is 44.5 Å². The van der Waals surface area contributed by atoms with Gasteiger partial charge in [0.05, 0.1) is 22.1 Å². The number of nitrogens with one attached hydrogen (secondary N) is 2. The van der Waals surface area contributed by atoms with Crippen LogP contribution >= 0.6 is 0 Å². The minimum Gasteiger partial charge on any atom is -0.352 e. The van der Waals surface area contributed by atoms with Crippen LogP contribution in [0.3, 0.4) is 0 Å². The van der Waals surface area contributed by atoms with Gasteiger partial charge in [0.25, 0.3) is 0 Å². The van der Waals surface area contributed by atoms with E-state index in [1.807, 2.05) is 0 Å². The summed E-state index contributed by atoms with van der Waals surface area (Å²) in [6, 6.07) is 113. The SMILES string of the molecule is c1ccc(N(c2ccccc2)c2cc(-c3cccc4c3[nH]c3c5cccc(-c6cc(N(c7ccccc7)c7ccccc7)cc(N(c7ccccc7)c7ccccc7)c6)c5[nH]c43)cc(N(c3ccccc3)c3ccccc3)c2)cc1. The highest BCUT2D eigenvalue weighted by Gasteiger charge is 2.24. The minimum absolute atomic E-state index is 1.04. The maximum absolute atomic E-state index is 4.04. The molecule has 2 N–H and O–H groups in total. The number of benzene rings is 12. The van der Waals surface area contributed by atoms with Gasteiger partial charge in [0, 0.05) is 90.1 Å². The predicted molar refractivity (Wildman–Crippen MR) is 337 cm³/mol. The molecule has 2 heterocycles. The zero-order chi connectivity index (χ0) is 53.2. The van der Waals surface area contributed by atoms with Crippen molar-refractivity contribution in [3.05, 3.63) is 315 Å². The van der Waals surface area contributed by atoms with E-state index in [2.05, 4.69) is 345 Å². The van der Waals surface area contributed by atoms with E-state index in [-0.39, 0.29) is 0 Å². The molecule has 0 saturated heterocycles. The molecule has 0 fully saturated rings. The molecule has 0 spiro atoms. The van der Waals surface area contributed by atoms with Gasteiger partial charge in [0.2, 0.25) is 0 Å². The van der Waals surface area contributed by atoms with Crippen molar-refractivity contribution in [1.29, 1.82) is 0 Å². The lowest BCUT2D eigenvalue weighted by atomic mass is 9.99. The first-order valence-electron chi connectivity index (χ1n) is 27.2. The van der Waals surface area contributed by atoms with Gasteiger partial charge >= 0.3 is 0 Å². The second-order valence-corrected chi connectivity index (χ2v) is 20.0. The fraction of sp³-hybridized carbons (Fsp3) is 0. The molecule has 0 bridgehead atoms. The van der Waals surface area contributed by atoms with Gasteiger partial charge in [0.15, 0.2) is 0 Å². The van der Waals surface area contributed by atoms with Gasteiger partial charge in [-0.05, 0) is 145 Å². The third-order valence-corrected chi connectivity index (χ3v) is 15.0. The molecule has 0 aliphatic rings. The second kappa shape index (κ2) is 21.0. The predicted octanol–water partition coefficient (Wildman–Crippen LogP) is 21.0. The molecule has 0 aliphatic heterocycles. The van der Waals surface area contributed by atoms with E-state index in [1.54, 1.807) is 0 Å². The van der Waals surface area contributed by atoms with Crippen molar-refractivity contribution in [2.75, 3.05) is 19.6 Å². The lowest BCUT2D eigenvalue weighted by molar-refractivity contribution is 1.25. The summed E-state index contributed by atoms with van der Waals surface area (Å²) in [4.78, 5) is 17.5. The Morgan fingerprint density at radius 3 is 0.600 bits per heavy atom. The fourth-order valence-electron chi connectivity index (χ4n) is 11.5. The summed E-state index contributed by atoms with van der Waals surface area (Å²) in [5.41, 5.74) is 21.3. The van der Waals surface area contributed by atoms with E-state index in [4.69, 9.17) is 0 Å². The number of hydrogen-bond acceptors (Lipinski definition) is 4. The maximum Gasteiger partial charge on any atom is 0.0725 e. The van der Waals surface area contributed by atoms with Crippen molar-refractivity contribution in [1.82, 2.24) is 9.97 Å². The number of fused-ring (bicyclic) bond motifs is 5. The number of nitrogens with zero attached hydrogens (tertiary/aromatic N) is 4. The molecule has 0 unspecified atom stereocenters. The second-order valence-electron chi connectivity index (χ2n) is 20.0. The molecular formula is C74H54N6. The van der Waals surface area contributed by atoms with Crippen LogP contribution in [0, 0.1) is 0 Å². The van der Waals surface area contributed by atoms with Crippen molar-refractivity contribution in [2.45, 2.75) is 0 Å². The van der Waals surface area contributed by atoms with Gasteiger partial charge in [-0.1, -0.05) is 182 Å². The molecule has 6 heteroatoms. The van der Waals surface area contributed by atoms with Gasteiger partial charge in [-0.15, -0.1) is 0 Å². The molecule has 0 aliphatic carbocycles. The smallest absolute Gasteiger partial charge is 0.0725 e. The Morgan fingerprint density at radius 1 is 0.175 bits per heavy atom. The third kappa shape index (κ3) is 8.96. The van der Waals surface area contributed by atoms with Gasteiger partial charge in [0.1, 0.15) is 0 Å². The lowest BCUT2D eigenvalue weighted by Gasteiger charge is -2.30. The van der Waals surface area contributed by atoms with Gasteiger partial charge < -0.3 is 29.6 Å². The molecule has 80 heavy (non-hydrogen) atoms. The Labute approximate surface area is 466 Å². The van der Waals surface area contributed by atoms with E-state index in [9.17, 15) is 0 Å². The van der Waals surface area contributed by atoms with E-state index in [0.29, 0.717) is 0 Å². The minimum atomic E-state index is 1.04. The van der Waals surface area contributed by atoms with Crippen LogP contribution in [0.4, 0.5) is 68.2 Å². The monoisotopic (exact) mass is 1030 g/mol. The van der Waals surface area contributed by atoms with E-state index in [1.165, 1.54) is 0 Å². The molecule has 0 amide bonds. The molecule has 14 rings (SSSR count). The molecule has 6 nitrogen and oxygen atoms in total. The zero-order valence-electron chi connectivity index (χ0n) is 43.8. The first kappa shape index (κ1) is 47.6. The number of anilines is 12. The van der Waals surface area contributed by atoms with Crippen LogP contribution in [0.5, 0.6) is 0 Å². The van der Waals surface area contributed by atoms with Crippen molar-refractivity contribution >= 4 is 101 Å².